The molecule has 2 heteroatoms. The van der Waals surface area contributed by atoms with Crippen LogP contribution in [-0.2, 0) is 4.74 Å². The van der Waals surface area contributed by atoms with Crippen LogP contribution in [0.2, 0.25) is 0 Å². The third kappa shape index (κ3) is 2.50. The maximum absolute atomic E-state index is 6.61. The lowest BCUT2D eigenvalue weighted by Gasteiger charge is -2.25. The van der Waals surface area contributed by atoms with Crippen molar-refractivity contribution in [3.05, 3.63) is 71.8 Å². The Balaban J connectivity index is 1.64. The number of rotatable bonds is 4. The molecule has 1 aliphatic carbocycles. The Morgan fingerprint density at radius 1 is 0.857 bits per heavy atom. The first kappa shape index (κ1) is 13.1. The van der Waals surface area contributed by atoms with E-state index in [-0.39, 0.29) is 6.10 Å². The largest absolute Gasteiger partial charge is 0.364 e. The summed E-state index contributed by atoms with van der Waals surface area (Å²) < 4.78 is 6.61. The zero-order valence-corrected chi connectivity index (χ0v) is 12.1. The van der Waals surface area contributed by atoms with Crippen molar-refractivity contribution in [3.8, 4) is 0 Å². The standard InChI is InChI=1S/C19H21NO/c1-3-7-14(8-4-1)18(15-9-5-2-6-10-15)21-19-16-11-12-17(19)20-13-16/h1-10,16-20H,11-13H2/t16-,17-,19?/m0/s1. The van der Waals surface area contributed by atoms with Crippen molar-refractivity contribution in [2.75, 3.05) is 6.54 Å². The molecule has 1 heterocycles. The fourth-order valence-corrected chi connectivity index (χ4v) is 3.76. The van der Waals surface area contributed by atoms with Crippen molar-refractivity contribution in [1.82, 2.24) is 5.32 Å². The topological polar surface area (TPSA) is 21.3 Å². The molecular formula is C19H21NO. The van der Waals surface area contributed by atoms with Gasteiger partial charge in [0.2, 0.25) is 0 Å². The summed E-state index contributed by atoms with van der Waals surface area (Å²) in [7, 11) is 0. The van der Waals surface area contributed by atoms with Gasteiger partial charge in [0.25, 0.3) is 0 Å². The Morgan fingerprint density at radius 3 is 1.90 bits per heavy atom. The summed E-state index contributed by atoms with van der Waals surface area (Å²) in [6, 6.07) is 21.7. The monoisotopic (exact) mass is 279 g/mol. The van der Waals surface area contributed by atoms with Gasteiger partial charge in [0.05, 0.1) is 6.10 Å². The lowest BCUT2D eigenvalue weighted by atomic mass is 10.0. The van der Waals surface area contributed by atoms with Crippen LogP contribution in [0.4, 0.5) is 0 Å². The summed E-state index contributed by atoms with van der Waals surface area (Å²) in [5, 5.41) is 3.59. The number of piperidine rings is 1. The minimum absolute atomic E-state index is 0.0420. The number of ether oxygens (including phenoxy) is 1. The zero-order valence-electron chi connectivity index (χ0n) is 12.1. The van der Waals surface area contributed by atoms with Gasteiger partial charge in [-0.05, 0) is 29.9 Å². The molecule has 0 amide bonds. The molecule has 4 rings (SSSR count). The van der Waals surface area contributed by atoms with E-state index in [1.807, 2.05) is 0 Å². The second-order valence-corrected chi connectivity index (χ2v) is 6.15. The first-order chi connectivity index (χ1) is 10.4. The number of nitrogens with one attached hydrogen (secondary N) is 1. The molecule has 3 atom stereocenters. The van der Waals surface area contributed by atoms with Crippen LogP contribution in [0.15, 0.2) is 60.7 Å². The predicted molar refractivity (Wildman–Crippen MR) is 84.1 cm³/mol. The first-order valence-corrected chi connectivity index (χ1v) is 7.90. The van der Waals surface area contributed by atoms with Crippen molar-refractivity contribution in [1.29, 1.82) is 0 Å². The highest BCUT2D eigenvalue weighted by molar-refractivity contribution is 5.30. The Morgan fingerprint density at radius 2 is 1.48 bits per heavy atom. The van der Waals surface area contributed by atoms with Crippen LogP contribution in [0, 0.1) is 5.92 Å². The molecule has 1 N–H and O–H groups in total. The molecule has 2 aromatic carbocycles. The van der Waals surface area contributed by atoms with Gasteiger partial charge in [-0.25, -0.2) is 0 Å². The van der Waals surface area contributed by atoms with Gasteiger partial charge in [0, 0.05) is 12.6 Å². The summed E-state index contributed by atoms with van der Waals surface area (Å²) in [6.45, 7) is 1.12. The highest BCUT2D eigenvalue weighted by Crippen LogP contribution is 2.38. The normalized spacial score (nSPS) is 27.4. The third-order valence-corrected chi connectivity index (χ3v) is 4.85. The van der Waals surface area contributed by atoms with Crippen molar-refractivity contribution in [2.24, 2.45) is 5.92 Å². The van der Waals surface area contributed by atoms with Crippen LogP contribution in [0.5, 0.6) is 0 Å². The van der Waals surface area contributed by atoms with Crippen molar-refractivity contribution in [3.63, 3.8) is 0 Å². The fraction of sp³-hybridized carbons (Fsp3) is 0.368. The molecule has 2 aliphatic rings. The van der Waals surface area contributed by atoms with Crippen LogP contribution >= 0.6 is 0 Å². The van der Waals surface area contributed by atoms with E-state index >= 15 is 0 Å². The molecule has 0 radical (unpaired) electrons. The molecule has 2 fully saturated rings. The third-order valence-electron chi connectivity index (χ3n) is 4.85. The van der Waals surface area contributed by atoms with Gasteiger partial charge < -0.3 is 10.1 Å². The van der Waals surface area contributed by atoms with E-state index in [2.05, 4.69) is 66.0 Å². The molecule has 2 aromatic rings. The highest BCUT2D eigenvalue weighted by Gasteiger charge is 2.43. The lowest BCUT2D eigenvalue weighted by Crippen LogP contribution is -2.30. The molecule has 1 aliphatic heterocycles. The average molecular weight is 279 g/mol. The summed E-state index contributed by atoms with van der Waals surface area (Å²) >= 11 is 0. The molecule has 21 heavy (non-hydrogen) atoms. The number of fused-ring (bicyclic) bond motifs is 2. The van der Waals surface area contributed by atoms with E-state index in [0.717, 1.165) is 6.54 Å². The van der Waals surface area contributed by atoms with Crippen LogP contribution in [0.25, 0.3) is 0 Å². The number of hydrogen-bond donors (Lipinski definition) is 1. The number of hydrogen-bond acceptors (Lipinski definition) is 2. The molecule has 108 valence electrons. The van der Waals surface area contributed by atoms with E-state index in [9.17, 15) is 0 Å². The summed E-state index contributed by atoms with van der Waals surface area (Å²) in [6.07, 6.45) is 2.96. The zero-order chi connectivity index (χ0) is 14.1. The van der Waals surface area contributed by atoms with E-state index in [1.54, 1.807) is 0 Å². The predicted octanol–water partition coefficient (Wildman–Crippen LogP) is 3.54. The summed E-state index contributed by atoms with van der Waals surface area (Å²) in [5.41, 5.74) is 2.49. The average Bonchev–Trinajstić information content (AvgIpc) is 3.13. The smallest absolute Gasteiger partial charge is 0.108 e. The van der Waals surface area contributed by atoms with Gasteiger partial charge >= 0.3 is 0 Å². The Labute approximate surface area is 126 Å². The SMILES string of the molecule is c1ccc(C(OC2[C@H]3CC[C@@H]2NC3)c2ccccc2)cc1. The molecule has 1 unspecified atom stereocenters. The maximum atomic E-state index is 6.61. The van der Waals surface area contributed by atoms with Crippen LogP contribution in [0.3, 0.4) is 0 Å². The van der Waals surface area contributed by atoms with Crippen molar-refractivity contribution < 1.29 is 4.74 Å². The van der Waals surface area contributed by atoms with E-state index in [0.29, 0.717) is 18.1 Å². The van der Waals surface area contributed by atoms with Gasteiger partial charge in [-0.3, -0.25) is 0 Å². The van der Waals surface area contributed by atoms with E-state index < -0.39 is 0 Å². The summed E-state index contributed by atoms with van der Waals surface area (Å²) in [5.74, 6) is 0.685. The molecule has 0 spiro atoms. The first-order valence-electron chi connectivity index (χ1n) is 7.90. The second kappa shape index (κ2) is 5.63. The molecule has 2 bridgehead atoms. The Hall–Kier alpha value is -1.64. The second-order valence-electron chi connectivity index (χ2n) is 6.15. The van der Waals surface area contributed by atoms with Gasteiger partial charge in [-0.1, -0.05) is 60.7 Å². The van der Waals surface area contributed by atoms with Crippen LogP contribution in [-0.4, -0.2) is 18.7 Å². The summed E-state index contributed by atoms with van der Waals surface area (Å²) in [4.78, 5) is 0. The van der Waals surface area contributed by atoms with Gasteiger partial charge in [0.15, 0.2) is 0 Å². The van der Waals surface area contributed by atoms with E-state index in [1.165, 1.54) is 24.0 Å². The van der Waals surface area contributed by atoms with Gasteiger partial charge in [-0.15, -0.1) is 0 Å². The molecule has 2 nitrogen and oxygen atoms in total. The van der Waals surface area contributed by atoms with E-state index in [4.69, 9.17) is 4.74 Å². The Bertz CT molecular complexity index is 524. The van der Waals surface area contributed by atoms with Gasteiger partial charge in [-0.2, -0.15) is 0 Å². The quantitative estimate of drug-likeness (QED) is 0.924. The highest BCUT2D eigenvalue weighted by atomic mass is 16.5. The Kier molecular flexibility index (Phi) is 3.50. The minimum atomic E-state index is 0.0420. The molecular weight excluding hydrogens is 258 g/mol. The molecule has 0 aromatic heterocycles. The van der Waals surface area contributed by atoms with Crippen LogP contribution < -0.4 is 5.32 Å². The van der Waals surface area contributed by atoms with Crippen molar-refractivity contribution in [2.45, 2.75) is 31.1 Å². The lowest BCUT2D eigenvalue weighted by molar-refractivity contribution is -0.00482. The number of benzene rings is 2. The minimum Gasteiger partial charge on any atom is -0.364 e. The fourth-order valence-electron chi connectivity index (χ4n) is 3.76. The van der Waals surface area contributed by atoms with Gasteiger partial charge in [0.1, 0.15) is 6.10 Å². The maximum Gasteiger partial charge on any atom is 0.108 e. The molecule has 1 saturated heterocycles. The van der Waals surface area contributed by atoms with Crippen molar-refractivity contribution >= 4 is 0 Å². The van der Waals surface area contributed by atoms with Crippen LogP contribution in [0.1, 0.15) is 30.1 Å². The molecule has 1 saturated carbocycles.